The Labute approximate surface area is 107 Å². The maximum atomic E-state index is 10.5. The minimum Gasteiger partial charge on any atom is -0.370 e. The van der Waals surface area contributed by atoms with Crippen LogP contribution in [0, 0.1) is 10.1 Å². The lowest BCUT2D eigenvalue weighted by atomic mass is 10.3. The van der Waals surface area contributed by atoms with Crippen LogP contribution in [-0.4, -0.2) is 41.0 Å². The van der Waals surface area contributed by atoms with Gasteiger partial charge >= 0.3 is 0 Å². The lowest BCUT2D eigenvalue weighted by Crippen LogP contribution is -2.28. The summed E-state index contributed by atoms with van der Waals surface area (Å²) in [5.74, 6) is 0.674. The molecule has 0 saturated carbocycles. The van der Waals surface area contributed by atoms with Crippen LogP contribution in [0.3, 0.4) is 0 Å². The molecule has 0 amide bonds. The van der Waals surface area contributed by atoms with E-state index in [2.05, 4.69) is 36.1 Å². The summed E-state index contributed by atoms with van der Waals surface area (Å²) in [5, 5.41) is 13.6. The summed E-state index contributed by atoms with van der Waals surface area (Å²) in [7, 11) is 2.09. The zero-order valence-corrected chi connectivity index (χ0v) is 11.1. The van der Waals surface area contributed by atoms with E-state index in [1.807, 2.05) is 0 Å². The summed E-state index contributed by atoms with van der Waals surface area (Å²) < 4.78 is 0. The normalized spacial score (nSPS) is 10.9. The van der Waals surface area contributed by atoms with E-state index in [-0.39, 0.29) is 5.69 Å². The zero-order valence-electron chi connectivity index (χ0n) is 11.1. The van der Waals surface area contributed by atoms with Gasteiger partial charge in [-0.2, -0.15) is 0 Å². The van der Waals surface area contributed by atoms with Gasteiger partial charge < -0.3 is 10.2 Å². The van der Waals surface area contributed by atoms with Gasteiger partial charge in [0, 0.05) is 18.7 Å². The number of pyridine rings is 1. The molecule has 1 heterocycles. The highest BCUT2D eigenvalue weighted by Crippen LogP contribution is 2.11. The first-order valence-electron chi connectivity index (χ1n) is 6.05. The van der Waals surface area contributed by atoms with E-state index >= 15 is 0 Å². The standard InChI is InChI=1S/C12H20N4O2/c1-10(2)15(3)8-4-7-13-12-6-5-11(9-14-12)16(17)18/h5-6,9-10H,4,7-8H2,1-3H3,(H,13,14). The van der Waals surface area contributed by atoms with E-state index < -0.39 is 4.92 Å². The maximum absolute atomic E-state index is 10.5. The van der Waals surface area contributed by atoms with Gasteiger partial charge in [0.25, 0.3) is 5.69 Å². The van der Waals surface area contributed by atoms with Crippen LogP contribution in [-0.2, 0) is 0 Å². The van der Waals surface area contributed by atoms with Gasteiger partial charge in [-0.05, 0) is 39.9 Å². The van der Waals surface area contributed by atoms with E-state index in [1.54, 1.807) is 6.07 Å². The third kappa shape index (κ3) is 4.67. The molecule has 0 unspecified atom stereocenters. The third-order valence-corrected chi connectivity index (χ3v) is 2.83. The number of nitrogens with zero attached hydrogens (tertiary/aromatic N) is 3. The Morgan fingerprint density at radius 3 is 2.72 bits per heavy atom. The van der Waals surface area contributed by atoms with Crippen molar-refractivity contribution < 1.29 is 4.92 Å². The number of hydrogen-bond donors (Lipinski definition) is 1. The van der Waals surface area contributed by atoms with E-state index in [4.69, 9.17) is 0 Å². The molecule has 0 aromatic carbocycles. The highest BCUT2D eigenvalue weighted by Gasteiger charge is 2.05. The van der Waals surface area contributed by atoms with Gasteiger partial charge in [0.15, 0.2) is 0 Å². The first kappa shape index (κ1) is 14.4. The fraction of sp³-hybridized carbons (Fsp3) is 0.583. The average Bonchev–Trinajstić information content (AvgIpc) is 2.34. The Kier molecular flexibility index (Phi) is 5.51. The van der Waals surface area contributed by atoms with Crippen LogP contribution >= 0.6 is 0 Å². The first-order chi connectivity index (χ1) is 8.50. The van der Waals surface area contributed by atoms with Crippen molar-refractivity contribution in [2.75, 3.05) is 25.5 Å². The second-order valence-electron chi connectivity index (χ2n) is 4.51. The van der Waals surface area contributed by atoms with Crippen molar-refractivity contribution in [2.24, 2.45) is 0 Å². The number of hydrogen-bond acceptors (Lipinski definition) is 5. The van der Waals surface area contributed by atoms with Crippen molar-refractivity contribution in [3.63, 3.8) is 0 Å². The predicted octanol–water partition coefficient (Wildman–Crippen LogP) is 2.13. The number of nitro groups is 1. The second-order valence-corrected chi connectivity index (χ2v) is 4.51. The average molecular weight is 252 g/mol. The highest BCUT2D eigenvalue weighted by molar-refractivity contribution is 5.39. The summed E-state index contributed by atoms with van der Waals surface area (Å²) in [6, 6.07) is 3.63. The van der Waals surface area contributed by atoms with Crippen molar-refractivity contribution in [3.8, 4) is 0 Å². The van der Waals surface area contributed by atoms with E-state index in [9.17, 15) is 10.1 Å². The molecule has 0 bridgehead atoms. The van der Waals surface area contributed by atoms with Crippen molar-refractivity contribution in [1.82, 2.24) is 9.88 Å². The minimum absolute atomic E-state index is 0.0140. The Balaban J connectivity index is 2.29. The van der Waals surface area contributed by atoms with Gasteiger partial charge in [0.05, 0.1) is 4.92 Å². The van der Waals surface area contributed by atoms with Crippen LogP contribution in [0.15, 0.2) is 18.3 Å². The zero-order chi connectivity index (χ0) is 13.5. The monoisotopic (exact) mass is 252 g/mol. The van der Waals surface area contributed by atoms with Gasteiger partial charge in [-0.1, -0.05) is 0 Å². The molecule has 0 fully saturated rings. The fourth-order valence-electron chi connectivity index (χ4n) is 1.40. The van der Waals surface area contributed by atoms with Crippen LogP contribution in [0.5, 0.6) is 0 Å². The highest BCUT2D eigenvalue weighted by atomic mass is 16.6. The molecule has 0 aliphatic heterocycles. The smallest absolute Gasteiger partial charge is 0.287 e. The van der Waals surface area contributed by atoms with Gasteiger partial charge in [0.2, 0.25) is 0 Å². The summed E-state index contributed by atoms with van der Waals surface area (Å²) in [6.45, 7) is 6.14. The Bertz CT molecular complexity index is 378. The quantitative estimate of drug-likeness (QED) is 0.457. The largest absolute Gasteiger partial charge is 0.370 e. The molecule has 18 heavy (non-hydrogen) atoms. The van der Waals surface area contributed by atoms with Crippen LogP contribution in [0.1, 0.15) is 20.3 Å². The Morgan fingerprint density at radius 1 is 1.50 bits per heavy atom. The first-order valence-corrected chi connectivity index (χ1v) is 6.05. The minimum atomic E-state index is -0.450. The molecule has 0 aliphatic rings. The molecule has 6 heteroatoms. The summed E-state index contributed by atoms with van der Waals surface area (Å²) in [5.41, 5.74) is 0.0140. The lowest BCUT2D eigenvalue weighted by Gasteiger charge is -2.20. The van der Waals surface area contributed by atoms with E-state index in [0.717, 1.165) is 19.5 Å². The Morgan fingerprint density at radius 2 is 2.22 bits per heavy atom. The molecule has 1 aromatic heterocycles. The van der Waals surface area contributed by atoms with Gasteiger partial charge in [-0.3, -0.25) is 10.1 Å². The molecule has 0 aliphatic carbocycles. The lowest BCUT2D eigenvalue weighted by molar-refractivity contribution is -0.385. The maximum Gasteiger partial charge on any atom is 0.287 e. The van der Waals surface area contributed by atoms with Crippen molar-refractivity contribution in [2.45, 2.75) is 26.3 Å². The molecule has 1 N–H and O–H groups in total. The van der Waals surface area contributed by atoms with E-state index in [1.165, 1.54) is 12.3 Å². The summed E-state index contributed by atoms with van der Waals surface area (Å²) >= 11 is 0. The van der Waals surface area contributed by atoms with Gasteiger partial charge in [0.1, 0.15) is 12.0 Å². The van der Waals surface area contributed by atoms with Crippen molar-refractivity contribution in [1.29, 1.82) is 0 Å². The molecule has 0 atom stereocenters. The van der Waals surface area contributed by atoms with Gasteiger partial charge in [-0.25, -0.2) is 4.98 Å². The fourth-order valence-corrected chi connectivity index (χ4v) is 1.40. The molecular weight excluding hydrogens is 232 g/mol. The van der Waals surface area contributed by atoms with Crippen LogP contribution in [0.25, 0.3) is 0 Å². The van der Waals surface area contributed by atoms with E-state index in [0.29, 0.717) is 11.9 Å². The molecule has 1 rings (SSSR count). The number of anilines is 1. The van der Waals surface area contributed by atoms with Crippen LogP contribution in [0.2, 0.25) is 0 Å². The molecule has 1 aromatic rings. The molecule has 100 valence electrons. The SMILES string of the molecule is CC(C)N(C)CCCNc1ccc([N+](=O)[O-])cn1. The van der Waals surface area contributed by atoms with Crippen molar-refractivity contribution >= 4 is 11.5 Å². The molecule has 0 radical (unpaired) electrons. The topological polar surface area (TPSA) is 71.3 Å². The molecule has 0 saturated heterocycles. The molecule has 6 nitrogen and oxygen atoms in total. The number of rotatable bonds is 7. The summed E-state index contributed by atoms with van der Waals surface area (Å²) in [6.07, 6.45) is 2.27. The molecule has 0 spiro atoms. The van der Waals surface area contributed by atoms with Crippen molar-refractivity contribution in [3.05, 3.63) is 28.4 Å². The Hall–Kier alpha value is -1.69. The molecular formula is C12H20N4O2. The predicted molar refractivity (Wildman–Crippen MR) is 71.8 cm³/mol. The number of aromatic nitrogens is 1. The second kappa shape index (κ2) is 6.90. The number of nitrogens with one attached hydrogen (secondary N) is 1. The third-order valence-electron chi connectivity index (χ3n) is 2.83. The van der Waals surface area contributed by atoms with Crippen LogP contribution < -0.4 is 5.32 Å². The van der Waals surface area contributed by atoms with Crippen LogP contribution in [0.4, 0.5) is 11.5 Å². The summed E-state index contributed by atoms with van der Waals surface area (Å²) in [4.78, 5) is 16.3. The van der Waals surface area contributed by atoms with Gasteiger partial charge in [-0.15, -0.1) is 0 Å².